The fraction of sp³-hybridized carbons (Fsp3) is 0.759. The van der Waals surface area contributed by atoms with Gasteiger partial charge in [0.05, 0.1) is 17.9 Å². The standard InChI is InChI=1S/C29H53NO6S/c1-3-5-7-9-11-13-14-15-16-18-19-21-23-27(31)26(25-37(34,35)36)30-29(33)28(32)24-22-20-17-12-10-8-6-4-2/h15-17,20-21,23,26-28,31-32H,3-14,18-19,22,24-25H2,1-2H3,(H,30,33)(H,34,35,36)/b16-15+,20-17-,23-21+. The zero-order valence-electron chi connectivity index (χ0n) is 23.2. The van der Waals surface area contributed by atoms with Crippen molar-refractivity contribution in [1.29, 1.82) is 0 Å². The van der Waals surface area contributed by atoms with Gasteiger partial charge in [0, 0.05) is 0 Å². The number of rotatable bonds is 24. The van der Waals surface area contributed by atoms with E-state index in [2.05, 4.69) is 31.3 Å². The molecule has 0 aliphatic carbocycles. The molecule has 7 nitrogen and oxygen atoms in total. The van der Waals surface area contributed by atoms with Crippen molar-refractivity contribution in [3.63, 3.8) is 0 Å². The van der Waals surface area contributed by atoms with E-state index in [4.69, 9.17) is 0 Å². The monoisotopic (exact) mass is 543 g/mol. The molecule has 0 saturated heterocycles. The molecule has 0 aromatic heterocycles. The molecule has 0 fully saturated rings. The van der Waals surface area contributed by atoms with Gasteiger partial charge in [-0.15, -0.1) is 0 Å². The van der Waals surface area contributed by atoms with Crippen LogP contribution < -0.4 is 5.32 Å². The number of allylic oxidation sites excluding steroid dienone is 5. The van der Waals surface area contributed by atoms with Crippen molar-refractivity contribution in [2.75, 3.05) is 5.75 Å². The lowest BCUT2D eigenvalue weighted by atomic mass is 10.1. The molecule has 1 amide bonds. The van der Waals surface area contributed by atoms with E-state index in [9.17, 15) is 28.0 Å². The first-order valence-electron chi connectivity index (χ1n) is 14.3. The zero-order valence-corrected chi connectivity index (χ0v) is 24.0. The van der Waals surface area contributed by atoms with Crippen molar-refractivity contribution < 1.29 is 28.0 Å². The first-order chi connectivity index (χ1) is 17.7. The van der Waals surface area contributed by atoms with Crippen molar-refractivity contribution in [3.8, 4) is 0 Å². The minimum absolute atomic E-state index is 0.187. The van der Waals surface area contributed by atoms with Crippen LogP contribution >= 0.6 is 0 Å². The van der Waals surface area contributed by atoms with Crippen LogP contribution in [0.1, 0.15) is 117 Å². The van der Waals surface area contributed by atoms with Gasteiger partial charge in [0.1, 0.15) is 6.10 Å². The Bertz CT molecular complexity index is 747. The van der Waals surface area contributed by atoms with Crippen LogP contribution in [-0.2, 0) is 14.9 Å². The maximum Gasteiger partial charge on any atom is 0.267 e. The van der Waals surface area contributed by atoms with Gasteiger partial charge in [-0.3, -0.25) is 9.35 Å². The summed E-state index contributed by atoms with van der Waals surface area (Å²) >= 11 is 0. The van der Waals surface area contributed by atoms with Gasteiger partial charge < -0.3 is 15.5 Å². The molecule has 0 radical (unpaired) electrons. The predicted molar refractivity (Wildman–Crippen MR) is 153 cm³/mol. The first-order valence-corrected chi connectivity index (χ1v) is 15.9. The number of carbonyl (C=O) groups is 1. The van der Waals surface area contributed by atoms with Crippen molar-refractivity contribution in [2.24, 2.45) is 0 Å². The topological polar surface area (TPSA) is 124 Å². The highest BCUT2D eigenvalue weighted by molar-refractivity contribution is 7.85. The molecule has 0 aromatic carbocycles. The van der Waals surface area contributed by atoms with Gasteiger partial charge >= 0.3 is 0 Å². The van der Waals surface area contributed by atoms with Crippen molar-refractivity contribution in [3.05, 3.63) is 36.5 Å². The van der Waals surface area contributed by atoms with E-state index in [1.54, 1.807) is 6.08 Å². The highest BCUT2D eigenvalue weighted by atomic mass is 32.2. The molecule has 0 heterocycles. The lowest BCUT2D eigenvalue weighted by Crippen LogP contribution is -2.50. The molecule has 0 aliphatic rings. The van der Waals surface area contributed by atoms with Crippen molar-refractivity contribution in [2.45, 2.75) is 135 Å². The van der Waals surface area contributed by atoms with Crippen LogP contribution in [0.4, 0.5) is 0 Å². The number of carbonyl (C=O) groups excluding carboxylic acids is 1. The molecule has 3 atom stereocenters. The molecule has 0 bridgehead atoms. The Balaban J connectivity index is 4.44. The quantitative estimate of drug-likeness (QED) is 0.0669. The molecule has 3 unspecified atom stereocenters. The highest BCUT2D eigenvalue weighted by Crippen LogP contribution is 2.09. The molecule has 4 N–H and O–H groups in total. The molecular weight excluding hydrogens is 490 g/mol. The second kappa shape index (κ2) is 23.6. The van der Waals surface area contributed by atoms with Crippen LogP contribution in [0.15, 0.2) is 36.5 Å². The van der Waals surface area contributed by atoms with Crippen LogP contribution in [0, 0.1) is 0 Å². The van der Waals surface area contributed by atoms with Gasteiger partial charge in [0.2, 0.25) is 5.91 Å². The minimum Gasteiger partial charge on any atom is -0.387 e. The second-order valence-corrected chi connectivity index (χ2v) is 11.3. The smallest absolute Gasteiger partial charge is 0.267 e. The third-order valence-electron chi connectivity index (χ3n) is 6.15. The van der Waals surface area contributed by atoms with E-state index in [-0.39, 0.29) is 6.42 Å². The van der Waals surface area contributed by atoms with Crippen LogP contribution in [0.3, 0.4) is 0 Å². The Morgan fingerprint density at radius 1 is 0.730 bits per heavy atom. The van der Waals surface area contributed by atoms with E-state index in [1.807, 2.05) is 12.2 Å². The summed E-state index contributed by atoms with van der Waals surface area (Å²) in [7, 11) is -4.44. The molecule has 0 aromatic rings. The molecular formula is C29H53NO6S. The fourth-order valence-electron chi connectivity index (χ4n) is 3.88. The summed E-state index contributed by atoms with van der Waals surface area (Å²) in [6, 6.07) is -1.26. The zero-order chi connectivity index (χ0) is 27.8. The van der Waals surface area contributed by atoms with Gasteiger partial charge in [0.15, 0.2) is 0 Å². The number of amides is 1. The molecule has 37 heavy (non-hydrogen) atoms. The second-order valence-electron chi connectivity index (χ2n) is 9.80. The maximum atomic E-state index is 12.4. The van der Waals surface area contributed by atoms with Crippen LogP contribution in [0.25, 0.3) is 0 Å². The number of aliphatic hydroxyl groups excluding tert-OH is 2. The summed E-state index contributed by atoms with van der Waals surface area (Å²) < 4.78 is 32.0. The fourth-order valence-corrected chi connectivity index (χ4v) is 4.62. The Morgan fingerprint density at radius 2 is 1.22 bits per heavy atom. The van der Waals surface area contributed by atoms with Gasteiger partial charge in [0.25, 0.3) is 10.1 Å². The third kappa shape index (κ3) is 23.4. The highest BCUT2D eigenvalue weighted by Gasteiger charge is 2.27. The summed E-state index contributed by atoms with van der Waals surface area (Å²) in [5.41, 5.74) is 0. The summed E-state index contributed by atoms with van der Waals surface area (Å²) in [4.78, 5) is 12.4. The summed E-state index contributed by atoms with van der Waals surface area (Å²) in [5, 5.41) is 22.9. The Kier molecular flexibility index (Phi) is 22.7. The van der Waals surface area contributed by atoms with E-state index < -0.39 is 40.0 Å². The maximum absolute atomic E-state index is 12.4. The molecule has 0 saturated carbocycles. The predicted octanol–water partition coefficient (Wildman–Crippen LogP) is 6.03. The number of aliphatic hydroxyl groups is 2. The summed E-state index contributed by atoms with van der Waals surface area (Å²) in [6.07, 6.45) is 25.2. The largest absolute Gasteiger partial charge is 0.387 e. The van der Waals surface area contributed by atoms with Crippen molar-refractivity contribution in [1.82, 2.24) is 5.32 Å². The van der Waals surface area contributed by atoms with Crippen LogP contribution in [-0.4, -0.2) is 53.1 Å². The number of hydrogen-bond donors (Lipinski definition) is 4. The van der Waals surface area contributed by atoms with E-state index in [0.717, 1.165) is 25.7 Å². The van der Waals surface area contributed by atoms with Gasteiger partial charge in [-0.25, -0.2) is 0 Å². The van der Waals surface area contributed by atoms with Gasteiger partial charge in [-0.1, -0.05) is 102 Å². The normalized spacial score (nSPS) is 15.1. The summed E-state index contributed by atoms with van der Waals surface area (Å²) in [5.74, 6) is -1.61. The molecule has 0 rings (SSSR count). The number of hydrogen-bond acceptors (Lipinski definition) is 5. The minimum atomic E-state index is -4.44. The Morgan fingerprint density at radius 3 is 1.81 bits per heavy atom. The summed E-state index contributed by atoms with van der Waals surface area (Å²) in [6.45, 7) is 4.37. The van der Waals surface area contributed by atoms with Gasteiger partial charge in [-0.2, -0.15) is 8.42 Å². The molecule has 216 valence electrons. The average Bonchev–Trinajstić information content (AvgIpc) is 2.84. The van der Waals surface area contributed by atoms with E-state index >= 15 is 0 Å². The number of nitrogens with one attached hydrogen (secondary N) is 1. The Hall–Kier alpha value is -1.48. The SMILES string of the molecule is CCCCCC/C=C\CCC(O)C(=O)NC(CS(=O)(=O)O)C(O)/C=C/CC/C=C/CCCCCCCC. The average molecular weight is 544 g/mol. The van der Waals surface area contributed by atoms with E-state index in [1.165, 1.54) is 63.9 Å². The lowest BCUT2D eigenvalue weighted by Gasteiger charge is -2.22. The van der Waals surface area contributed by atoms with Gasteiger partial charge in [-0.05, 0) is 51.4 Å². The number of unbranched alkanes of at least 4 members (excludes halogenated alkanes) is 11. The van der Waals surface area contributed by atoms with Crippen LogP contribution in [0.5, 0.6) is 0 Å². The van der Waals surface area contributed by atoms with Crippen LogP contribution in [0.2, 0.25) is 0 Å². The van der Waals surface area contributed by atoms with Crippen molar-refractivity contribution >= 4 is 16.0 Å². The molecule has 8 heteroatoms. The molecule has 0 spiro atoms. The first kappa shape index (κ1) is 35.5. The molecule has 0 aliphatic heterocycles. The lowest BCUT2D eigenvalue weighted by molar-refractivity contribution is -0.130. The Labute approximate surface area is 226 Å². The van der Waals surface area contributed by atoms with E-state index in [0.29, 0.717) is 12.8 Å². The third-order valence-corrected chi connectivity index (χ3v) is 6.94.